The molecule has 1 amide bonds. The minimum Gasteiger partial charge on any atom is -0.466 e. The highest BCUT2D eigenvalue weighted by atomic mass is 32.2. The maximum absolute atomic E-state index is 13.8. The van der Waals surface area contributed by atoms with Gasteiger partial charge in [-0.05, 0) is 57.1 Å². The van der Waals surface area contributed by atoms with Crippen LogP contribution in [0.15, 0.2) is 70.2 Å². The number of esters is 2. The van der Waals surface area contributed by atoms with E-state index in [1.54, 1.807) is 18.7 Å². The van der Waals surface area contributed by atoms with E-state index in [-0.39, 0.29) is 30.8 Å². The molecule has 42 heavy (non-hydrogen) atoms. The monoisotopic (exact) mass is 587 g/mol. The van der Waals surface area contributed by atoms with E-state index in [9.17, 15) is 14.4 Å². The number of hydrogen-bond donors (Lipinski definition) is 0. The molecule has 8 nitrogen and oxygen atoms in total. The zero-order chi connectivity index (χ0) is 29.8. The van der Waals surface area contributed by atoms with E-state index in [1.165, 1.54) is 11.8 Å². The van der Waals surface area contributed by atoms with Crippen molar-refractivity contribution in [2.24, 2.45) is 10.9 Å². The Morgan fingerprint density at radius 1 is 1.02 bits per heavy atom. The van der Waals surface area contributed by atoms with Crippen molar-refractivity contribution in [1.82, 2.24) is 9.80 Å². The van der Waals surface area contributed by atoms with Gasteiger partial charge >= 0.3 is 11.9 Å². The summed E-state index contributed by atoms with van der Waals surface area (Å²) < 4.78 is 10.9. The number of ether oxygens (including phenoxy) is 2. The molecule has 0 aromatic heterocycles. The van der Waals surface area contributed by atoms with Gasteiger partial charge in [0, 0.05) is 24.4 Å². The van der Waals surface area contributed by atoms with Crippen LogP contribution in [0.4, 0.5) is 0 Å². The number of aliphatic imine (C=N–C) groups is 1. The minimum atomic E-state index is -0.533. The van der Waals surface area contributed by atoms with Gasteiger partial charge in [-0.25, -0.2) is 9.79 Å². The first kappa shape index (κ1) is 29.6. The molecule has 220 valence electrons. The molecule has 9 heteroatoms. The number of likely N-dealkylation sites (tertiary alicyclic amines) is 1. The normalized spacial score (nSPS) is 20.1. The zero-order valence-electron chi connectivity index (χ0n) is 24.6. The summed E-state index contributed by atoms with van der Waals surface area (Å²) >= 11 is 1.45. The van der Waals surface area contributed by atoms with Gasteiger partial charge in [0.1, 0.15) is 0 Å². The van der Waals surface area contributed by atoms with Gasteiger partial charge in [-0.2, -0.15) is 0 Å². The number of rotatable bonds is 8. The number of fused-ring (bicyclic) bond motifs is 1. The average Bonchev–Trinajstić information content (AvgIpc) is 3.40. The molecule has 2 aromatic rings. The number of benzene rings is 2. The number of hydrogen-bond acceptors (Lipinski definition) is 8. The molecule has 0 saturated carbocycles. The third-order valence-corrected chi connectivity index (χ3v) is 8.70. The number of thioether (sulfide) groups is 1. The second kappa shape index (κ2) is 13.0. The third kappa shape index (κ3) is 6.02. The standard InChI is InChI=1S/C33H37N3O5S/c1-5-40-31(38)24-13-10-16-35(19-24)27(37)18-25-20-42-33-34-29(23-11-8-7-9-12-23)28(32(39)41-6-2)30(36(25)33)26-17-21(3)14-15-22(26)4/h7-9,11-12,14-15,17,20,24,30H,5-6,10,13,16,18-19H2,1-4H3. The molecule has 2 aromatic carbocycles. The number of carbonyl (C=O) groups is 3. The fourth-order valence-electron chi connectivity index (χ4n) is 5.76. The smallest absolute Gasteiger partial charge is 0.338 e. The lowest BCUT2D eigenvalue weighted by molar-refractivity contribution is -0.151. The van der Waals surface area contributed by atoms with Crippen molar-refractivity contribution in [2.45, 2.75) is 53.0 Å². The first-order chi connectivity index (χ1) is 20.3. The van der Waals surface area contributed by atoms with Crippen molar-refractivity contribution < 1.29 is 23.9 Å². The summed E-state index contributed by atoms with van der Waals surface area (Å²) in [7, 11) is 0. The largest absolute Gasteiger partial charge is 0.466 e. The SMILES string of the molecule is CCOC(=O)C1=C(c2ccccc2)N=C2SC=C(CC(=O)N3CCCC(C(=O)OCC)C3)N2C1c1cc(C)ccc1C. The molecule has 2 unspecified atom stereocenters. The van der Waals surface area contributed by atoms with E-state index < -0.39 is 12.0 Å². The molecule has 1 fully saturated rings. The number of amidine groups is 1. The van der Waals surface area contributed by atoms with E-state index in [2.05, 4.69) is 18.2 Å². The second-order valence-electron chi connectivity index (χ2n) is 10.7. The number of aryl methyl sites for hydroxylation is 2. The number of nitrogens with zero attached hydrogens (tertiary/aromatic N) is 3. The molecule has 5 rings (SSSR count). The van der Waals surface area contributed by atoms with Crippen LogP contribution in [0, 0.1) is 19.8 Å². The van der Waals surface area contributed by atoms with Gasteiger partial charge in [0.2, 0.25) is 5.91 Å². The van der Waals surface area contributed by atoms with E-state index in [1.807, 2.05) is 54.5 Å². The lowest BCUT2D eigenvalue weighted by atomic mass is 9.88. The van der Waals surface area contributed by atoms with Crippen LogP contribution in [0.3, 0.4) is 0 Å². The van der Waals surface area contributed by atoms with Crippen molar-refractivity contribution in [3.63, 3.8) is 0 Å². The van der Waals surface area contributed by atoms with E-state index in [0.29, 0.717) is 36.1 Å². The van der Waals surface area contributed by atoms with Crippen molar-refractivity contribution in [1.29, 1.82) is 0 Å². The molecule has 3 aliphatic rings. The number of piperidine rings is 1. The van der Waals surface area contributed by atoms with Gasteiger partial charge in [-0.15, -0.1) is 0 Å². The molecule has 0 N–H and O–H groups in total. The van der Waals surface area contributed by atoms with Crippen LogP contribution in [0.5, 0.6) is 0 Å². The Kier molecular flexibility index (Phi) is 9.16. The van der Waals surface area contributed by atoms with Crippen LogP contribution < -0.4 is 0 Å². The van der Waals surface area contributed by atoms with Crippen LogP contribution in [0.1, 0.15) is 61.4 Å². The van der Waals surface area contributed by atoms with Crippen molar-refractivity contribution in [3.8, 4) is 0 Å². The molecule has 3 heterocycles. The summed E-state index contributed by atoms with van der Waals surface area (Å²) in [4.78, 5) is 48.6. The highest BCUT2D eigenvalue weighted by Gasteiger charge is 2.43. The Labute approximate surface area is 251 Å². The summed E-state index contributed by atoms with van der Waals surface area (Å²) in [6.07, 6.45) is 1.59. The van der Waals surface area contributed by atoms with E-state index >= 15 is 0 Å². The quantitative estimate of drug-likeness (QED) is 0.362. The minimum absolute atomic E-state index is 0.0627. The van der Waals surface area contributed by atoms with Crippen molar-refractivity contribution >= 4 is 40.5 Å². The highest BCUT2D eigenvalue weighted by molar-refractivity contribution is 8.16. The van der Waals surface area contributed by atoms with Crippen LogP contribution in [0.25, 0.3) is 5.70 Å². The summed E-state index contributed by atoms with van der Waals surface area (Å²) in [6, 6.07) is 15.4. The number of carbonyl (C=O) groups excluding carboxylic acids is 3. The maximum atomic E-state index is 13.8. The molecule has 0 spiro atoms. The van der Waals surface area contributed by atoms with Gasteiger partial charge in [0.05, 0.1) is 42.9 Å². The fraction of sp³-hybridized carbons (Fsp3) is 0.394. The highest BCUT2D eigenvalue weighted by Crippen LogP contribution is 2.48. The molecule has 2 atom stereocenters. The maximum Gasteiger partial charge on any atom is 0.338 e. The molecule has 1 saturated heterocycles. The average molecular weight is 588 g/mol. The van der Waals surface area contributed by atoms with Gasteiger partial charge < -0.3 is 19.3 Å². The first-order valence-electron chi connectivity index (χ1n) is 14.5. The lowest BCUT2D eigenvalue weighted by Crippen LogP contribution is -2.44. The molecular formula is C33H37N3O5S. The summed E-state index contributed by atoms with van der Waals surface area (Å²) in [5, 5.41) is 2.66. The topological polar surface area (TPSA) is 88.5 Å². The van der Waals surface area contributed by atoms with Crippen LogP contribution in [-0.2, 0) is 23.9 Å². The van der Waals surface area contributed by atoms with E-state index in [0.717, 1.165) is 40.8 Å². The van der Waals surface area contributed by atoms with E-state index in [4.69, 9.17) is 14.5 Å². The number of amides is 1. The Bertz CT molecular complexity index is 1470. The van der Waals surface area contributed by atoms with Crippen LogP contribution in [0.2, 0.25) is 0 Å². The molecular weight excluding hydrogens is 550 g/mol. The Morgan fingerprint density at radius 2 is 1.79 bits per heavy atom. The first-order valence-corrected chi connectivity index (χ1v) is 15.4. The second-order valence-corrected chi connectivity index (χ2v) is 11.5. The molecule has 3 aliphatic heterocycles. The predicted octanol–water partition coefficient (Wildman–Crippen LogP) is 5.77. The predicted molar refractivity (Wildman–Crippen MR) is 164 cm³/mol. The van der Waals surface area contributed by atoms with Gasteiger partial charge in [0.15, 0.2) is 5.17 Å². The molecule has 0 aliphatic carbocycles. The summed E-state index contributed by atoms with van der Waals surface area (Å²) in [5.41, 5.74) is 5.66. The van der Waals surface area contributed by atoms with Crippen molar-refractivity contribution in [2.75, 3.05) is 26.3 Å². The van der Waals surface area contributed by atoms with Gasteiger partial charge in [0.25, 0.3) is 0 Å². The lowest BCUT2D eigenvalue weighted by Gasteiger charge is -2.38. The Balaban J connectivity index is 1.54. The van der Waals surface area contributed by atoms with Crippen LogP contribution in [-0.4, -0.2) is 59.1 Å². The Hall–Kier alpha value is -3.85. The molecule has 0 bridgehead atoms. The fourth-order valence-corrected chi connectivity index (χ4v) is 6.68. The van der Waals surface area contributed by atoms with Crippen LogP contribution >= 0.6 is 11.8 Å². The van der Waals surface area contributed by atoms with Crippen molar-refractivity contribution in [3.05, 3.63) is 87.5 Å². The van der Waals surface area contributed by atoms with Gasteiger partial charge in [-0.1, -0.05) is 65.9 Å². The van der Waals surface area contributed by atoms with Gasteiger partial charge in [-0.3, -0.25) is 9.59 Å². The summed E-state index contributed by atoms with van der Waals surface area (Å²) in [5.74, 6) is -1.05. The summed E-state index contributed by atoms with van der Waals surface area (Å²) in [6.45, 7) is 9.16. The third-order valence-electron chi connectivity index (χ3n) is 7.81. The zero-order valence-corrected chi connectivity index (χ0v) is 25.4. The molecule has 0 radical (unpaired) electrons. The Morgan fingerprint density at radius 3 is 2.52 bits per heavy atom.